The second-order valence-corrected chi connectivity index (χ2v) is 4.75. The van der Waals surface area contributed by atoms with E-state index in [0.717, 1.165) is 19.3 Å². The fourth-order valence-electron chi connectivity index (χ4n) is 2.15. The van der Waals surface area contributed by atoms with E-state index in [-0.39, 0.29) is 5.69 Å². The Balaban J connectivity index is 2.12. The van der Waals surface area contributed by atoms with Gasteiger partial charge in [0, 0.05) is 12.6 Å². The molecule has 104 valence electrons. The number of hydrogen-bond donors (Lipinski definition) is 2. The first-order chi connectivity index (χ1) is 9.15. The molecule has 0 aromatic carbocycles. The molecule has 1 saturated carbocycles. The molecule has 0 radical (unpaired) electrons. The Labute approximate surface area is 112 Å². The molecule has 1 aliphatic carbocycles. The topological polar surface area (TPSA) is 93.0 Å². The molecule has 7 heteroatoms. The van der Waals surface area contributed by atoms with Crippen LogP contribution in [0.15, 0.2) is 6.20 Å². The number of aromatic nitrogens is 2. The summed E-state index contributed by atoms with van der Waals surface area (Å²) in [4.78, 5) is 18.6. The molecule has 0 bridgehead atoms. The standard InChI is InChI=1S/C12H19N5O2/c1-3-5-8-6-9(8)15-11-10(17(18)19)7-14-12(16-11)13-4-2/h7-9H,3-6H2,1-2H3,(H2,13,14,15,16). The van der Waals surface area contributed by atoms with Crippen molar-refractivity contribution in [2.24, 2.45) is 5.92 Å². The molecular formula is C12H19N5O2. The highest BCUT2D eigenvalue weighted by Crippen LogP contribution is 2.38. The Bertz CT molecular complexity index is 465. The average Bonchev–Trinajstić information content (AvgIpc) is 3.08. The van der Waals surface area contributed by atoms with Gasteiger partial charge in [-0.1, -0.05) is 13.3 Å². The number of nitrogens with zero attached hydrogens (tertiary/aromatic N) is 3. The number of nitrogens with one attached hydrogen (secondary N) is 2. The summed E-state index contributed by atoms with van der Waals surface area (Å²) >= 11 is 0. The van der Waals surface area contributed by atoms with Crippen molar-refractivity contribution >= 4 is 17.5 Å². The second-order valence-electron chi connectivity index (χ2n) is 4.75. The normalized spacial score (nSPS) is 20.9. The zero-order chi connectivity index (χ0) is 13.8. The van der Waals surface area contributed by atoms with Gasteiger partial charge >= 0.3 is 5.69 Å². The molecule has 0 spiro atoms. The van der Waals surface area contributed by atoms with Crippen molar-refractivity contribution in [1.29, 1.82) is 0 Å². The summed E-state index contributed by atoms with van der Waals surface area (Å²) in [7, 11) is 0. The summed E-state index contributed by atoms with van der Waals surface area (Å²) < 4.78 is 0. The smallest absolute Gasteiger partial charge is 0.329 e. The molecule has 2 atom stereocenters. The van der Waals surface area contributed by atoms with Gasteiger partial charge in [-0.3, -0.25) is 10.1 Å². The number of nitro groups is 1. The van der Waals surface area contributed by atoms with Crippen LogP contribution < -0.4 is 10.6 Å². The zero-order valence-electron chi connectivity index (χ0n) is 11.2. The molecule has 0 amide bonds. The number of rotatable bonds is 7. The Morgan fingerprint density at radius 3 is 2.95 bits per heavy atom. The van der Waals surface area contributed by atoms with E-state index >= 15 is 0 Å². The maximum Gasteiger partial charge on any atom is 0.329 e. The Hall–Kier alpha value is -1.92. The highest BCUT2D eigenvalue weighted by atomic mass is 16.6. The number of anilines is 2. The molecule has 1 aliphatic rings. The van der Waals surface area contributed by atoms with Gasteiger partial charge in [-0.25, -0.2) is 4.98 Å². The lowest BCUT2D eigenvalue weighted by atomic mass is 10.2. The summed E-state index contributed by atoms with van der Waals surface area (Å²) in [5.41, 5.74) is -0.0659. The van der Waals surface area contributed by atoms with Crippen LogP contribution >= 0.6 is 0 Å². The molecule has 2 unspecified atom stereocenters. The minimum absolute atomic E-state index is 0.0659. The minimum Gasteiger partial charge on any atom is -0.361 e. The van der Waals surface area contributed by atoms with Crippen molar-refractivity contribution in [3.05, 3.63) is 16.3 Å². The van der Waals surface area contributed by atoms with Crippen molar-refractivity contribution in [2.45, 2.75) is 39.2 Å². The van der Waals surface area contributed by atoms with E-state index in [2.05, 4.69) is 27.5 Å². The average molecular weight is 265 g/mol. The van der Waals surface area contributed by atoms with Crippen LogP contribution in [-0.2, 0) is 0 Å². The first kappa shape index (κ1) is 13.5. The largest absolute Gasteiger partial charge is 0.361 e. The van der Waals surface area contributed by atoms with E-state index in [1.807, 2.05) is 6.92 Å². The van der Waals surface area contributed by atoms with E-state index in [9.17, 15) is 10.1 Å². The Morgan fingerprint density at radius 1 is 1.53 bits per heavy atom. The van der Waals surface area contributed by atoms with Crippen molar-refractivity contribution in [2.75, 3.05) is 17.2 Å². The van der Waals surface area contributed by atoms with Crippen LogP contribution in [0.1, 0.15) is 33.1 Å². The van der Waals surface area contributed by atoms with Gasteiger partial charge in [0.2, 0.25) is 11.8 Å². The summed E-state index contributed by atoms with van der Waals surface area (Å²) in [6, 6.07) is 0.308. The van der Waals surface area contributed by atoms with Gasteiger partial charge < -0.3 is 10.6 Å². The van der Waals surface area contributed by atoms with E-state index in [0.29, 0.717) is 30.3 Å². The van der Waals surface area contributed by atoms with Crippen LogP contribution in [0.4, 0.5) is 17.5 Å². The third-order valence-corrected chi connectivity index (χ3v) is 3.21. The van der Waals surface area contributed by atoms with Crippen LogP contribution in [0.5, 0.6) is 0 Å². The third-order valence-electron chi connectivity index (χ3n) is 3.21. The maximum atomic E-state index is 11.0. The monoisotopic (exact) mass is 265 g/mol. The van der Waals surface area contributed by atoms with E-state index in [1.165, 1.54) is 6.20 Å². The van der Waals surface area contributed by atoms with E-state index < -0.39 is 4.92 Å². The highest BCUT2D eigenvalue weighted by Gasteiger charge is 2.37. The van der Waals surface area contributed by atoms with Crippen LogP contribution in [0.25, 0.3) is 0 Å². The molecule has 7 nitrogen and oxygen atoms in total. The first-order valence-corrected chi connectivity index (χ1v) is 6.67. The molecule has 1 aromatic rings. The maximum absolute atomic E-state index is 11.0. The predicted octanol–water partition coefficient (Wildman–Crippen LogP) is 2.42. The minimum atomic E-state index is -0.449. The fraction of sp³-hybridized carbons (Fsp3) is 0.667. The lowest BCUT2D eigenvalue weighted by Crippen LogP contribution is -2.11. The summed E-state index contributed by atoms with van der Waals surface area (Å²) in [6.45, 7) is 4.75. The highest BCUT2D eigenvalue weighted by molar-refractivity contribution is 5.58. The third kappa shape index (κ3) is 3.30. The molecule has 0 aliphatic heterocycles. The van der Waals surface area contributed by atoms with Crippen molar-refractivity contribution in [1.82, 2.24) is 9.97 Å². The molecule has 0 saturated heterocycles. The van der Waals surface area contributed by atoms with Gasteiger partial charge in [0.25, 0.3) is 0 Å². The van der Waals surface area contributed by atoms with Gasteiger partial charge in [0.05, 0.1) is 4.92 Å². The Kier molecular flexibility index (Phi) is 4.13. The van der Waals surface area contributed by atoms with Gasteiger partial charge in [0.15, 0.2) is 0 Å². The van der Waals surface area contributed by atoms with Crippen molar-refractivity contribution in [3.8, 4) is 0 Å². The van der Waals surface area contributed by atoms with Crippen LogP contribution in [0.3, 0.4) is 0 Å². The SMILES string of the molecule is CCCC1CC1Nc1nc(NCC)ncc1[N+](=O)[O-]. The zero-order valence-corrected chi connectivity index (χ0v) is 11.2. The first-order valence-electron chi connectivity index (χ1n) is 6.67. The summed E-state index contributed by atoms with van der Waals surface area (Å²) in [6.07, 6.45) is 4.60. The molecule has 1 aromatic heterocycles. The van der Waals surface area contributed by atoms with E-state index in [4.69, 9.17) is 0 Å². The van der Waals surface area contributed by atoms with Crippen LogP contribution in [0.2, 0.25) is 0 Å². The summed E-state index contributed by atoms with van der Waals surface area (Å²) in [5.74, 6) is 1.35. The van der Waals surface area contributed by atoms with Crippen LogP contribution in [0, 0.1) is 16.0 Å². The molecule has 2 rings (SSSR count). The molecule has 1 fully saturated rings. The van der Waals surface area contributed by atoms with Gasteiger partial charge in [-0.15, -0.1) is 0 Å². The summed E-state index contributed by atoms with van der Waals surface area (Å²) in [5, 5.41) is 17.1. The van der Waals surface area contributed by atoms with Gasteiger partial charge in [0.1, 0.15) is 6.20 Å². The molecular weight excluding hydrogens is 246 g/mol. The number of hydrogen-bond acceptors (Lipinski definition) is 6. The fourth-order valence-corrected chi connectivity index (χ4v) is 2.15. The molecule has 2 N–H and O–H groups in total. The van der Waals surface area contributed by atoms with Crippen molar-refractivity contribution in [3.63, 3.8) is 0 Å². The van der Waals surface area contributed by atoms with Crippen molar-refractivity contribution < 1.29 is 4.92 Å². The molecule has 19 heavy (non-hydrogen) atoms. The van der Waals surface area contributed by atoms with Gasteiger partial charge in [-0.05, 0) is 25.7 Å². The van der Waals surface area contributed by atoms with Crippen LogP contribution in [-0.4, -0.2) is 27.5 Å². The van der Waals surface area contributed by atoms with E-state index in [1.54, 1.807) is 0 Å². The lowest BCUT2D eigenvalue weighted by molar-refractivity contribution is -0.384. The van der Waals surface area contributed by atoms with Gasteiger partial charge in [-0.2, -0.15) is 4.98 Å². The lowest BCUT2D eigenvalue weighted by Gasteiger charge is -2.07. The molecule has 1 heterocycles. The second kappa shape index (κ2) is 5.81. The predicted molar refractivity (Wildman–Crippen MR) is 73.3 cm³/mol. The Morgan fingerprint density at radius 2 is 2.32 bits per heavy atom. The quantitative estimate of drug-likeness (QED) is 0.581.